The average Bonchev–Trinajstić information content (AvgIpc) is 2.92. The Morgan fingerprint density at radius 3 is 1.29 bits per heavy atom. The van der Waals surface area contributed by atoms with Crippen LogP contribution in [0.3, 0.4) is 0 Å². The van der Waals surface area contributed by atoms with Crippen molar-refractivity contribution < 1.29 is 10.0 Å². The number of carbonyl (C=O) groups excluding carboxylic acids is 1. The molecule has 1 aromatic rings. The summed E-state index contributed by atoms with van der Waals surface area (Å²) in [6.45, 7) is 2.67. The molecule has 0 spiro atoms. The van der Waals surface area contributed by atoms with Crippen molar-refractivity contribution in [3.05, 3.63) is 71.8 Å². The second-order valence-corrected chi connectivity index (χ2v) is 3.20. The molecule has 0 aromatic heterocycles. The Labute approximate surface area is 100 Å². The number of rotatable bonds is 0. The standard InChI is InChI=1S/C7H4O.C6H6.CH3NO/c8-7-5-1-2-6(7)4-3-5;1-2-4-6-5-3-1;1-2-3/h1-4H;1-6H;3H,1H2. The van der Waals surface area contributed by atoms with Crippen molar-refractivity contribution in [3.63, 3.8) is 0 Å². The van der Waals surface area contributed by atoms with Crippen molar-refractivity contribution in [1.29, 1.82) is 0 Å². The molecule has 3 rings (SSSR count). The maximum atomic E-state index is 10.8. The summed E-state index contributed by atoms with van der Waals surface area (Å²) in [4.78, 5) is 10.8. The van der Waals surface area contributed by atoms with Crippen molar-refractivity contribution in [3.8, 4) is 0 Å². The fourth-order valence-electron chi connectivity index (χ4n) is 1.32. The van der Waals surface area contributed by atoms with E-state index in [9.17, 15) is 4.79 Å². The number of oxime groups is 1. The number of carbonyl (C=O) groups is 1. The Bertz CT molecular complexity index is 420. The predicted molar refractivity (Wildman–Crippen MR) is 68.1 cm³/mol. The van der Waals surface area contributed by atoms with Gasteiger partial charge in [0, 0.05) is 17.9 Å². The number of hydrogen-bond acceptors (Lipinski definition) is 3. The number of Topliss-reactive ketones (excluding diaryl/α,β-unsaturated/α-hetero) is 1. The molecule has 0 unspecified atom stereocenters. The van der Waals surface area contributed by atoms with Crippen molar-refractivity contribution in [1.82, 2.24) is 0 Å². The Kier molecular flexibility index (Phi) is 5.17. The lowest BCUT2D eigenvalue weighted by atomic mass is 10.2. The van der Waals surface area contributed by atoms with E-state index < -0.39 is 0 Å². The van der Waals surface area contributed by atoms with E-state index in [4.69, 9.17) is 5.21 Å². The van der Waals surface area contributed by atoms with Gasteiger partial charge in [-0.2, -0.15) is 0 Å². The van der Waals surface area contributed by atoms with E-state index in [-0.39, 0.29) is 5.78 Å². The molecule has 0 radical (unpaired) electrons. The average molecular weight is 227 g/mol. The second-order valence-electron chi connectivity index (χ2n) is 3.20. The third-order valence-corrected chi connectivity index (χ3v) is 2.08. The predicted octanol–water partition coefficient (Wildman–Crippen LogP) is 2.75. The highest BCUT2D eigenvalue weighted by molar-refractivity contribution is 6.17. The molecule has 17 heavy (non-hydrogen) atoms. The third kappa shape index (κ3) is 3.91. The molecule has 2 aliphatic carbocycles. The molecule has 0 saturated carbocycles. The zero-order valence-corrected chi connectivity index (χ0v) is 9.28. The summed E-state index contributed by atoms with van der Waals surface area (Å²) in [6.07, 6.45) is 7.38. The van der Waals surface area contributed by atoms with Gasteiger partial charge in [0.15, 0.2) is 5.78 Å². The van der Waals surface area contributed by atoms with Gasteiger partial charge >= 0.3 is 0 Å². The van der Waals surface area contributed by atoms with Crippen LogP contribution in [0.5, 0.6) is 0 Å². The summed E-state index contributed by atoms with van der Waals surface area (Å²) < 4.78 is 0. The number of ketones is 1. The van der Waals surface area contributed by atoms with Gasteiger partial charge < -0.3 is 5.21 Å². The fourth-order valence-corrected chi connectivity index (χ4v) is 1.32. The van der Waals surface area contributed by atoms with Crippen LogP contribution in [0.25, 0.3) is 0 Å². The third-order valence-electron chi connectivity index (χ3n) is 2.08. The van der Waals surface area contributed by atoms with Crippen molar-refractivity contribution in [2.45, 2.75) is 0 Å². The largest absolute Gasteiger partial charge is 0.411 e. The topological polar surface area (TPSA) is 49.7 Å². The molecule has 0 fully saturated rings. The van der Waals surface area contributed by atoms with E-state index >= 15 is 0 Å². The Hall–Kier alpha value is -2.42. The molecule has 0 saturated heterocycles. The van der Waals surface area contributed by atoms with E-state index in [1.807, 2.05) is 60.7 Å². The summed E-state index contributed by atoms with van der Waals surface area (Å²) in [5.74, 6) is 0.185. The summed E-state index contributed by atoms with van der Waals surface area (Å²) in [5.41, 5.74) is 1.67. The first-order chi connectivity index (χ1) is 8.29. The van der Waals surface area contributed by atoms with Gasteiger partial charge in [0.2, 0.25) is 0 Å². The quantitative estimate of drug-likeness (QED) is 0.421. The maximum Gasteiger partial charge on any atom is 0.193 e. The minimum atomic E-state index is 0.185. The first kappa shape index (κ1) is 12.6. The van der Waals surface area contributed by atoms with E-state index in [2.05, 4.69) is 11.9 Å². The number of benzene rings is 1. The van der Waals surface area contributed by atoms with Crippen molar-refractivity contribution >= 4 is 12.5 Å². The smallest absolute Gasteiger partial charge is 0.193 e. The Morgan fingerprint density at radius 1 is 0.882 bits per heavy atom. The van der Waals surface area contributed by atoms with Gasteiger partial charge in [0.1, 0.15) is 0 Å². The first-order valence-corrected chi connectivity index (χ1v) is 5.04. The number of allylic oxidation sites excluding steroid dienone is 6. The molecular formula is C14H13NO2. The van der Waals surface area contributed by atoms with Gasteiger partial charge in [0.05, 0.1) is 0 Å². The summed E-state index contributed by atoms with van der Waals surface area (Å²) in [6, 6.07) is 12.0. The van der Waals surface area contributed by atoms with E-state index in [0.29, 0.717) is 0 Å². The fraction of sp³-hybridized carbons (Fsp3) is 0. The van der Waals surface area contributed by atoms with Gasteiger partial charge in [-0.1, -0.05) is 60.7 Å². The van der Waals surface area contributed by atoms with Gasteiger partial charge in [-0.05, 0) is 0 Å². The van der Waals surface area contributed by atoms with E-state index in [1.54, 1.807) is 0 Å². The van der Waals surface area contributed by atoms with Crippen LogP contribution in [0.15, 0.2) is 77.0 Å². The molecule has 0 heterocycles. The minimum Gasteiger partial charge on any atom is -0.411 e. The summed E-state index contributed by atoms with van der Waals surface area (Å²) in [7, 11) is 0. The lowest BCUT2D eigenvalue weighted by Crippen LogP contribution is -1.89. The first-order valence-electron chi connectivity index (χ1n) is 5.04. The molecule has 2 bridgehead atoms. The molecule has 86 valence electrons. The SMILES string of the molecule is C=NO.O=C1C2=CC=C1C=C2.c1ccccc1. The molecule has 1 N–H and O–H groups in total. The van der Waals surface area contributed by atoms with Crippen LogP contribution in [0.2, 0.25) is 0 Å². The molecule has 3 nitrogen and oxygen atoms in total. The molecule has 1 aromatic carbocycles. The maximum absolute atomic E-state index is 10.8. The minimum absolute atomic E-state index is 0.185. The van der Waals surface area contributed by atoms with Crippen LogP contribution >= 0.6 is 0 Å². The summed E-state index contributed by atoms with van der Waals surface area (Å²) in [5, 5.41) is 9.33. The molecule has 2 aliphatic rings. The second kappa shape index (κ2) is 6.95. The molecular weight excluding hydrogens is 214 g/mol. The van der Waals surface area contributed by atoms with Crippen LogP contribution < -0.4 is 0 Å². The van der Waals surface area contributed by atoms with E-state index in [0.717, 1.165) is 11.1 Å². The summed E-state index contributed by atoms with van der Waals surface area (Å²) >= 11 is 0. The van der Waals surface area contributed by atoms with Crippen LogP contribution in [-0.2, 0) is 4.79 Å². The molecule has 0 aliphatic heterocycles. The Balaban J connectivity index is 0.000000144. The van der Waals surface area contributed by atoms with E-state index in [1.165, 1.54) is 0 Å². The van der Waals surface area contributed by atoms with Crippen LogP contribution in [0.4, 0.5) is 0 Å². The highest BCUT2D eigenvalue weighted by Gasteiger charge is 2.19. The number of hydrogen-bond donors (Lipinski definition) is 1. The van der Waals surface area contributed by atoms with Crippen molar-refractivity contribution in [2.75, 3.05) is 0 Å². The van der Waals surface area contributed by atoms with Crippen LogP contribution in [0, 0.1) is 0 Å². The monoisotopic (exact) mass is 227 g/mol. The zero-order valence-electron chi connectivity index (χ0n) is 9.28. The van der Waals surface area contributed by atoms with Gasteiger partial charge in [-0.25, -0.2) is 0 Å². The lowest BCUT2D eigenvalue weighted by molar-refractivity contribution is -0.111. The molecule has 0 amide bonds. The molecule has 3 heteroatoms. The lowest BCUT2D eigenvalue weighted by Gasteiger charge is -1.78. The Morgan fingerprint density at radius 2 is 1.18 bits per heavy atom. The van der Waals surface area contributed by atoms with Crippen LogP contribution in [0.1, 0.15) is 0 Å². The zero-order chi connectivity index (χ0) is 12.5. The highest BCUT2D eigenvalue weighted by Crippen LogP contribution is 2.23. The highest BCUT2D eigenvalue weighted by atomic mass is 16.4. The van der Waals surface area contributed by atoms with Gasteiger partial charge in [-0.15, -0.1) is 5.16 Å². The normalized spacial score (nSPS) is 13.8. The van der Waals surface area contributed by atoms with Gasteiger partial charge in [0.25, 0.3) is 0 Å². The number of nitrogens with zero attached hydrogens (tertiary/aromatic N) is 1. The van der Waals surface area contributed by atoms with Crippen molar-refractivity contribution in [2.24, 2.45) is 5.16 Å². The van der Waals surface area contributed by atoms with Crippen LogP contribution in [-0.4, -0.2) is 17.7 Å². The number of fused-ring (bicyclic) bond motifs is 2. The van der Waals surface area contributed by atoms with Gasteiger partial charge in [-0.3, -0.25) is 4.79 Å². The molecule has 0 atom stereocenters.